The molecule has 120 valence electrons. The van der Waals surface area contributed by atoms with Crippen molar-refractivity contribution in [3.63, 3.8) is 0 Å². The largest absolute Gasteiger partial charge is 0.397 e. The molecular formula is C14H24ClN3O2S. The van der Waals surface area contributed by atoms with Crippen LogP contribution in [0.5, 0.6) is 0 Å². The number of benzene rings is 1. The van der Waals surface area contributed by atoms with Crippen LogP contribution in [0, 0.1) is 0 Å². The molecule has 0 aliphatic carbocycles. The number of rotatable bonds is 7. The van der Waals surface area contributed by atoms with Crippen molar-refractivity contribution < 1.29 is 8.42 Å². The summed E-state index contributed by atoms with van der Waals surface area (Å²) in [6, 6.07) is 5.03. The van der Waals surface area contributed by atoms with Gasteiger partial charge in [0.25, 0.3) is 0 Å². The van der Waals surface area contributed by atoms with Gasteiger partial charge in [-0.25, -0.2) is 13.1 Å². The first-order valence-electron chi connectivity index (χ1n) is 6.95. The summed E-state index contributed by atoms with van der Waals surface area (Å²) in [5.74, 6) is 0. The summed E-state index contributed by atoms with van der Waals surface area (Å²) < 4.78 is 27.0. The van der Waals surface area contributed by atoms with E-state index in [0.29, 0.717) is 30.2 Å². The van der Waals surface area contributed by atoms with Gasteiger partial charge in [-0.05, 0) is 45.9 Å². The number of anilines is 1. The highest BCUT2D eigenvalue weighted by molar-refractivity contribution is 7.89. The zero-order valence-electron chi connectivity index (χ0n) is 12.9. The Morgan fingerprint density at radius 2 is 1.81 bits per heavy atom. The average molecular weight is 334 g/mol. The van der Waals surface area contributed by atoms with Crippen molar-refractivity contribution in [1.29, 1.82) is 0 Å². The number of hydrogen-bond acceptors (Lipinski definition) is 4. The van der Waals surface area contributed by atoms with Gasteiger partial charge in [0.2, 0.25) is 10.0 Å². The molecular weight excluding hydrogens is 310 g/mol. The van der Waals surface area contributed by atoms with Crippen molar-refractivity contribution >= 4 is 27.3 Å². The topological polar surface area (TPSA) is 75.4 Å². The summed E-state index contributed by atoms with van der Waals surface area (Å²) in [6.45, 7) is 9.37. The maximum atomic E-state index is 12.2. The van der Waals surface area contributed by atoms with Gasteiger partial charge < -0.3 is 5.73 Å². The second-order valence-electron chi connectivity index (χ2n) is 5.51. The third kappa shape index (κ3) is 5.14. The zero-order chi connectivity index (χ0) is 16.2. The number of nitrogens with one attached hydrogen (secondary N) is 1. The van der Waals surface area contributed by atoms with Gasteiger partial charge in [-0.15, -0.1) is 0 Å². The number of nitrogen functional groups attached to an aromatic ring is 1. The minimum absolute atomic E-state index is 0.130. The summed E-state index contributed by atoms with van der Waals surface area (Å²) in [7, 11) is -3.56. The van der Waals surface area contributed by atoms with E-state index in [4.69, 9.17) is 17.3 Å². The lowest BCUT2D eigenvalue weighted by molar-refractivity contribution is 0.179. The van der Waals surface area contributed by atoms with E-state index in [9.17, 15) is 8.42 Å². The molecule has 3 N–H and O–H groups in total. The first kappa shape index (κ1) is 18.2. The molecule has 0 aromatic heterocycles. The van der Waals surface area contributed by atoms with E-state index in [1.165, 1.54) is 18.2 Å². The first-order chi connectivity index (χ1) is 9.65. The van der Waals surface area contributed by atoms with Crippen molar-refractivity contribution in [2.45, 2.75) is 44.7 Å². The van der Waals surface area contributed by atoms with E-state index in [2.05, 4.69) is 37.3 Å². The molecule has 0 heterocycles. The van der Waals surface area contributed by atoms with Crippen molar-refractivity contribution in [1.82, 2.24) is 9.62 Å². The second-order valence-corrected chi connectivity index (χ2v) is 7.68. The van der Waals surface area contributed by atoms with E-state index < -0.39 is 10.0 Å². The minimum Gasteiger partial charge on any atom is -0.397 e. The number of hydrogen-bond donors (Lipinski definition) is 2. The third-order valence-electron chi connectivity index (χ3n) is 3.27. The van der Waals surface area contributed by atoms with E-state index in [1.807, 2.05) is 0 Å². The van der Waals surface area contributed by atoms with Gasteiger partial charge in [0, 0.05) is 25.2 Å². The van der Waals surface area contributed by atoms with Crippen LogP contribution in [-0.4, -0.2) is 38.5 Å². The summed E-state index contributed by atoms with van der Waals surface area (Å²) in [5.41, 5.74) is 5.90. The Labute approximate surface area is 132 Å². The highest BCUT2D eigenvalue weighted by Gasteiger charge is 2.17. The van der Waals surface area contributed by atoms with E-state index >= 15 is 0 Å². The molecule has 0 unspecified atom stereocenters. The van der Waals surface area contributed by atoms with Crippen molar-refractivity contribution in [3.05, 3.63) is 23.2 Å². The Hall–Kier alpha value is -0.820. The van der Waals surface area contributed by atoms with Gasteiger partial charge in [0.05, 0.1) is 15.6 Å². The summed E-state index contributed by atoms with van der Waals surface area (Å²) in [5, 5.41) is 0.347. The van der Waals surface area contributed by atoms with Gasteiger partial charge in [-0.1, -0.05) is 11.6 Å². The minimum atomic E-state index is -3.56. The summed E-state index contributed by atoms with van der Waals surface area (Å²) in [6.07, 6.45) is 0. The SMILES string of the molecule is CC(C)N(CCNS(=O)(=O)c1ccc(Cl)c(N)c1)C(C)C. The van der Waals surface area contributed by atoms with Crippen LogP contribution in [0.2, 0.25) is 5.02 Å². The number of sulfonamides is 1. The third-order valence-corrected chi connectivity index (χ3v) is 5.07. The molecule has 0 bridgehead atoms. The molecule has 1 aromatic carbocycles. The summed E-state index contributed by atoms with van der Waals surface area (Å²) in [4.78, 5) is 2.35. The van der Waals surface area contributed by atoms with Crippen molar-refractivity contribution in [3.8, 4) is 0 Å². The van der Waals surface area contributed by atoms with E-state index in [0.717, 1.165) is 0 Å². The van der Waals surface area contributed by atoms with Crippen LogP contribution in [0.3, 0.4) is 0 Å². The van der Waals surface area contributed by atoms with Gasteiger partial charge in [-0.2, -0.15) is 0 Å². The smallest absolute Gasteiger partial charge is 0.240 e. The lowest BCUT2D eigenvalue weighted by atomic mass is 10.2. The maximum absolute atomic E-state index is 12.2. The maximum Gasteiger partial charge on any atom is 0.240 e. The number of nitrogens with two attached hydrogens (primary N) is 1. The Morgan fingerprint density at radius 3 is 2.29 bits per heavy atom. The fraction of sp³-hybridized carbons (Fsp3) is 0.571. The normalized spacial score (nSPS) is 12.6. The Morgan fingerprint density at radius 1 is 1.24 bits per heavy atom. The fourth-order valence-corrected chi connectivity index (χ4v) is 3.37. The van der Waals surface area contributed by atoms with Gasteiger partial charge in [-0.3, -0.25) is 4.90 Å². The monoisotopic (exact) mass is 333 g/mol. The lowest BCUT2D eigenvalue weighted by Crippen LogP contribution is -2.42. The molecule has 0 aliphatic rings. The number of halogens is 1. The van der Waals surface area contributed by atoms with Crippen molar-refractivity contribution in [2.24, 2.45) is 0 Å². The van der Waals surface area contributed by atoms with Gasteiger partial charge in [0.1, 0.15) is 0 Å². The van der Waals surface area contributed by atoms with Crippen LogP contribution in [0.15, 0.2) is 23.1 Å². The van der Waals surface area contributed by atoms with E-state index in [-0.39, 0.29) is 10.6 Å². The van der Waals surface area contributed by atoms with Gasteiger partial charge in [0.15, 0.2) is 0 Å². The van der Waals surface area contributed by atoms with Crippen LogP contribution < -0.4 is 10.5 Å². The molecule has 0 saturated heterocycles. The molecule has 0 aliphatic heterocycles. The predicted octanol–water partition coefficient (Wildman–Crippen LogP) is 2.32. The highest BCUT2D eigenvalue weighted by Crippen LogP contribution is 2.22. The Kier molecular flexibility index (Phi) is 6.46. The molecule has 1 aromatic rings. The zero-order valence-corrected chi connectivity index (χ0v) is 14.5. The quantitative estimate of drug-likeness (QED) is 0.751. The highest BCUT2D eigenvalue weighted by atomic mass is 35.5. The second kappa shape index (κ2) is 7.45. The molecule has 0 atom stereocenters. The first-order valence-corrected chi connectivity index (χ1v) is 8.81. The van der Waals surface area contributed by atoms with Crippen LogP contribution in [0.1, 0.15) is 27.7 Å². The molecule has 0 radical (unpaired) electrons. The summed E-state index contributed by atoms with van der Waals surface area (Å²) >= 11 is 5.80. The molecule has 0 spiro atoms. The number of nitrogens with zero attached hydrogens (tertiary/aromatic N) is 1. The Bertz CT molecular complexity index is 566. The molecule has 21 heavy (non-hydrogen) atoms. The molecule has 0 fully saturated rings. The molecule has 5 nitrogen and oxygen atoms in total. The fourth-order valence-electron chi connectivity index (χ4n) is 2.19. The lowest BCUT2D eigenvalue weighted by Gasteiger charge is -2.30. The van der Waals surface area contributed by atoms with Crippen molar-refractivity contribution in [2.75, 3.05) is 18.8 Å². The molecule has 7 heteroatoms. The average Bonchev–Trinajstić information content (AvgIpc) is 2.36. The molecule has 1 rings (SSSR count). The predicted molar refractivity (Wildman–Crippen MR) is 88.0 cm³/mol. The van der Waals surface area contributed by atoms with Crippen LogP contribution >= 0.6 is 11.6 Å². The Balaban J connectivity index is 2.71. The van der Waals surface area contributed by atoms with E-state index in [1.54, 1.807) is 0 Å². The molecule has 0 amide bonds. The molecule has 0 saturated carbocycles. The van der Waals surface area contributed by atoms with Crippen LogP contribution in [-0.2, 0) is 10.0 Å². The van der Waals surface area contributed by atoms with Gasteiger partial charge >= 0.3 is 0 Å². The van der Waals surface area contributed by atoms with Crippen LogP contribution in [0.25, 0.3) is 0 Å². The van der Waals surface area contributed by atoms with Crippen LogP contribution in [0.4, 0.5) is 5.69 Å². The standard InChI is InChI=1S/C14H24ClN3O2S/c1-10(2)18(11(3)4)8-7-17-21(19,20)12-5-6-13(15)14(16)9-12/h5-6,9-11,17H,7-8,16H2,1-4H3.